The lowest BCUT2D eigenvalue weighted by molar-refractivity contribution is -0.124. The van der Waals surface area contributed by atoms with E-state index in [4.69, 9.17) is 4.74 Å². The van der Waals surface area contributed by atoms with Crippen LogP contribution in [0.1, 0.15) is 11.1 Å². The van der Waals surface area contributed by atoms with Crippen molar-refractivity contribution in [2.75, 3.05) is 34.5 Å². The van der Waals surface area contributed by atoms with Crippen LogP contribution in [0.2, 0.25) is 0 Å². The van der Waals surface area contributed by atoms with Crippen LogP contribution < -0.4 is 19.9 Å². The molecule has 34 heavy (non-hydrogen) atoms. The largest absolute Gasteiger partial charge is 0.495 e. The fourth-order valence-electron chi connectivity index (χ4n) is 4.49. The molecule has 5 rings (SSSR count). The highest BCUT2D eigenvalue weighted by Crippen LogP contribution is 2.55. The molecular formula is C26H23N3O4S. The Kier molecular flexibility index (Phi) is 5.53. The molecule has 0 aromatic heterocycles. The van der Waals surface area contributed by atoms with Gasteiger partial charge in [-0.15, -0.1) is 11.8 Å². The number of nitrogens with one attached hydrogen (secondary N) is 1. The van der Waals surface area contributed by atoms with Crippen LogP contribution in [0, 0.1) is 6.92 Å². The van der Waals surface area contributed by atoms with Gasteiger partial charge in [-0.05, 0) is 37.3 Å². The number of amides is 3. The second-order valence-electron chi connectivity index (χ2n) is 8.15. The van der Waals surface area contributed by atoms with Crippen LogP contribution in [0.3, 0.4) is 0 Å². The van der Waals surface area contributed by atoms with E-state index in [0.29, 0.717) is 28.4 Å². The summed E-state index contributed by atoms with van der Waals surface area (Å²) >= 11 is 1.29. The van der Waals surface area contributed by atoms with E-state index in [1.807, 2.05) is 61.5 Å². The zero-order valence-corrected chi connectivity index (χ0v) is 19.6. The minimum atomic E-state index is -1.24. The molecule has 0 saturated carbocycles. The normalized spacial score (nSPS) is 19.0. The third kappa shape index (κ3) is 3.42. The van der Waals surface area contributed by atoms with Gasteiger partial charge < -0.3 is 10.1 Å². The smallest absolute Gasteiger partial charge is 0.269 e. The fourth-order valence-corrected chi connectivity index (χ4v) is 5.85. The fraction of sp³-hybridized carbons (Fsp3) is 0.192. The van der Waals surface area contributed by atoms with Crippen LogP contribution in [-0.2, 0) is 19.3 Å². The average molecular weight is 474 g/mol. The minimum Gasteiger partial charge on any atom is -0.495 e. The van der Waals surface area contributed by atoms with Crippen molar-refractivity contribution in [2.24, 2.45) is 0 Å². The molecule has 0 aliphatic carbocycles. The lowest BCUT2D eigenvalue weighted by Gasteiger charge is -2.33. The van der Waals surface area contributed by atoms with Gasteiger partial charge in [-0.25, -0.2) is 0 Å². The Bertz CT molecular complexity index is 1290. The molecule has 1 atom stereocenters. The van der Waals surface area contributed by atoms with Gasteiger partial charge >= 0.3 is 0 Å². The van der Waals surface area contributed by atoms with E-state index in [1.54, 1.807) is 23.1 Å². The first kappa shape index (κ1) is 22.0. The van der Waals surface area contributed by atoms with Crippen molar-refractivity contribution in [3.8, 4) is 5.75 Å². The summed E-state index contributed by atoms with van der Waals surface area (Å²) in [7, 11) is 1.53. The van der Waals surface area contributed by atoms with Crippen molar-refractivity contribution >= 4 is 46.5 Å². The van der Waals surface area contributed by atoms with E-state index >= 15 is 0 Å². The molecule has 1 fully saturated rings. The molecule has 3 aromatic rings. The highest BCUT2D eigenvalue weighted by Gasteiger charge is 2.61. The number of aryl methyl sites for hydroxylation is 1. The first-order valence-electron chi connectivity index (χ1n) is 10.8. The number of anilines is 3. The van der Waals surface area contributed by atoms with Gasteiger partial charge in [-0.3, -0.25) is 24.2 Å². The number of carbonyl (C=O) groups excluding carboxylic acids is 3. The molecule has 3 aromatic carbocycles. The Labute approximate surface area is 201 Å². The number of methoxy groups -OCH3 is 1. The summed E-state index contributed by atoms with van der Waals surface area (Å²) in [6, 6.07) is 22.0. The maximum absolute atomic E-state index is 14.0. The molecule has 3 amide bonds. The van der Waals surface area contributed by atoms with Crippen molar-refractivity contribution in [3.05, 3.63) is 83.9 Å². The SMILES string of the molecule is COc1ccccc1NC(=O)CN1C(=O)[C@@]2(SCC(=O)N2c2ccc(C)cc2)c2ccccc21. The number of para-hydroxylation sites is 3. The molecule has 0 radical (unpaired) electrons. The molecule has 1 saturated heterocycles. The number of carbonyl (C=O) groups is 3. The Hall–Kier alpha value is -3.78. The van der Waals surface area contributed by atoms with E-state index in [-0.39, 0.29) is 30.0 Å². The molecule has 1 N–H and O–H groups in total. The van der Waals surface area contributed by atoms with Crippen molar-refractivity contribution in [2.45, 2.75) is 11.8 Å². The summed E-state index contributed by atoms with van der Waals surface area (Å²) in [6.45, 7) is 1.78. The molecular weight excluding hydrogens is 450 g/mol. The van der Waals surface area contributed by atoms with Gasteiger partial charge in [0.05, 0.1) is 24.2 Å². The molecule has 8 heteroatoms. The van der Waals surface area contributed by atoms with Gasteiger partial charge in [0, 0.05) is 11.3 Å². The summed E-state index contributed by atoms with van der Waals surface area (Å²) in [6.07, 6.45) is 0. The quantitative estimate of drug-likeness (QED) is 0.608. The van der Waals surface area contributed by atoms with Crippen molar-refractivity contribution in [1.29, 1.82) is 0 Å². The number of ether oxygens (including phenoxy) is 1. The van der Waals surface area contributed by atoms with E-state index < -0.39 is 4.87 Å². The van der Waals surface area contributed by atoms with E-state index in [0.717, 1.165) is 5.56 Å². The Morgan fingerprint density at radius 2 is 1.74 bits per heavy atom. The maximum atomic E-state index is 14.0. The second kappa shape index (κ2) is 8.53. The number of rotatable bonds is 5. The summed E-state index contributed by atoms with van der Waals surface area (Å²) in [5, 5.41) is 2.83. The molecule has 2 heterocycles. The molecule has 0 bridgehead atoms. The number of benzene rings is 3. The van der Waals surface area contributed by atoms with Crippen molar-refractivity contribution in [1.82, 2.24) is 0 Å². The number of hydrogen-bond donors (Lipinski definition) is 1. The monoisotopic (exact) mass is 473 g/mol. The number of fused-ring (bicyclic) bond motifs is 2. The summed E-state index contributed by atoms with van der Waals surface area (Å²) < 4.78 is 5.31. The summed E-state index contributed by atoms with van der Waals surface area (Å²) in [5.41, 5.74) is 3.58. The van der Waals surface area contributed by atoms with Gasteiger partial charge in [-0.2, -0.15) is 0 Å². The first-order valence-corrected chi connectivity index (χ1v) is 11.8. The van der Waals surface area contributed by atoms with Crippen LogP contribution in [0.4, 0.5) is 17.1 Å². The minimum absolute atomic E-state index is 0.141. The molecule has 7 nitrogen and oxygen atoms in total. The van der Waals surface area contributed by atoms with Gasteiger partial charge in [0.15, 0.2) is 0 Å². The van der Waals surface area contributed by atoms with Crippen molar-refractivity contribution in [3.63, 3.8) is 0 Å². The Balaban J connectivity index is 1.51. The zero-order chi connectivity index (χ0) is 23.9. The number of thioether (sulfide) groups is 1. The van der Waals surface area contributed by atoms with Gasteiger partial charge in [0.2, 0.25) is 16.7 Å². The zero-order valence-electron chi connectivity index (χ0n) is 18.8. The van der Waals surface area contributed by atoms with Crippen LogP contribution in [-0.4, -0.2) is 37.1 Å². The Morgan fingerprint density at radius 1 is 1.03 bits per heavy atom. The van der Waals surface area contributed by atoms with E-state index in [2.05, 4.69) is 5.32 Å². The van der Waals surface area contributed by atoms with Crippen molar-refractivity contribution < 1.29 is 19.1 Å². The van der Waals surface area contributed by atoms with Gasteiger partial charge in [-0.1, -0.05) is 48.0 Å². The molecule has 172 valence electrons. The third-order valence-electron chi connectivity index (χ3n) is 6.04. The first-order chi connectivity index (χ1) is 16.5. The number of hydrogen-bond acceptors (Lipinski definition) is 5. The molecule has 1 spiro atoms. The van der Waals surface area contributed by atoms with Gasteiger partial charge in [0.1, 0.15) is 12.3 Å². The van der Waals surface area contributed by atoms with Crippen LogP contribution in [0.15, 0.2) is 72.8 Å². The maximum Gasteiger partial charge on any atom is 0.269 e. The third-order valence-corrected chi connectivity index (χ3v) is 7.42. The van der Waals surface area contributed by atoms with E-state index in [9.17, 15) is 14.4 Å². The second-order valence-corrected chi connectivity index (χ2v) is 9.32. The van der Waals surface area contributed by atoms with E-state index in [1.165, 1.54) is 23.8 Å². The van der Waals surface area contributed by atoms with Crippen LogP contribution in [0.25, 0.3) is 0 Å². The van der Waals surface area contributed by atoms with Crippen LogP contribution in [0.5, 0.6) is 5.75 Å². The predicted molar refractivity (Wildman–Crippen MR) is 133 cm³/mol. The molecule has 2 aliphatic rings. The van der Waals surface area contributed by atoms with Crippen LogP contribution >= 0.6 is 11.8 Å². The summed E-state index contributed by atoms with van der Waals surface area (Å²) in [5.74, 6) is -0.101. The lowest BCUT2D eigenvalue weighted by Crippen LogP contribution is -2.50. The average Bonchev–Trinajstić information content (AvgIpc) is 3.31. The standard InChI is InChI=1S/C26H23N3O4S/c1-17-11-13-18(14-12-17)29-24(31)16-34-26(29)19-7-3-5-9-21(19)28(25(26)32)15-23(30)27-20-8-4-6-10-22(20)33-2/h3-14H,15-16H2,1-2H3,(H,27,30)/t26-/m0/s1. The highest BCUT2D eigenvalue weighted by molar-refractivity contribution is 8.02. The molecule has 2 aliphatic heterocycles. The lowest BCUT2D eigenvalue weighted by atomic mass is 10.0. The number of nitrogens with zero attached hydrogens (tertiary/aromatic N) is 2. The summed E-state index contributed by atoms with van der Waals surface area (Å²) in [4.78, 5) is 41.9. The predicted octanol–water partition coefficient (Wildman–Crippen LogP) is 3.92. The Morgan fingerprint density at radius 3 is 2.50 bits per heavy atom. The molecule has 0 unspecified atom stereocenters. The highest BCUT2D eigenvalue weighted by atomic mass is 32.2. The van der Waals surface area contributed by atoms with Gasteiger partial charge in [0.25, 0.3) is 5.91 Å². The topological polar surface area (TPSA) is 79.0 Å².